The Balaban J connectivity index is 0.00000256. The number of nitrogens with one attached hydrogen (secondary N) is 1. The minimum Gasteiger partial charge on any atom is -0.351 e. The number of hydrogen-bond donors (Lipinski definition) is 2. The van der Waals surface area contributed by atoms with Crippen LogP contribution in [-0.2, 0) is 4.79 Å². The predicted octanol–water partition coefficient (Wildman–Crippen LogP) is 2.48. The standard InChI is InChI=1S/C13H26N2O.ClH/c1-7-8-13(6,14)10(16)15-9-11(2,3)12(9,4)5;/h9H,7-8,14H2,1-6H3,(H,15,16);1H. The van der Waals surface area contributed by atoms with E-state index < -0.39 is 5.54 Å². The van der Waals surface area contributed by atoms with Gasteiger partial charge in [0.05, 0.1) is 5.54 Å². The van der Waals surface area contributed by atoms with Crippen LogP contribution in [0.2, 0.25) is 0 Å². The molecule has 17 heavy (non-hydrogen) atoms. The normalized spacial score (nSPS) is 24.4. The average molecular weight is 263 g/mol. The number of halogens is 1. The highest BCUT2D eigenvalue weighted by Gasteiger charge is 2.65. The summed E-state index contributed by atoms with van der Waals surface area (Å²) in [4.78, 5) is 12.0. The summed E-state index contributed by atoms with van der Waals surface area (Å²) in [6, 6.07) is 0.243. The van der Waals surface area contributed by atoms with Crippen molar-refractivity contribution in [3.63, 3.8) is 0 Å². The third-order valence-corrected chi connectivity index (χ3v) is 4.58. The van der Waals surface area contributed by atoms with Gasteiger partial charge in [-0.05, 0) is 24.2 Å². The number of carbonyl (C=O) groups is 1. The van der Waals surface area contributed by atoms with E-state index in [0.717, 1.165) is 12.8 Å². The second kappa shape index (κ2) is 4.77. The minimum atomic E-state index is -0.733. The molecule has 0 bridgehead atoms. The monoisotopic (exact) mass is 262 g/mol. The lowest BCUT2D eigenvalue weighted by Crippen LogP contribution is -2.52. The molecule has 0 aromatic rings. The molecule has 1 aliphatic carbocycles. The summed E-state index contributed by atoms with van der Waals surface area (Å²) < 4.78 is 0. The molecule has 1 rings (SSSR count). The lowest BCUT2D eigenvalue weighted by atomic mass is 9.96. The van der Waals surface area contributed by atoms with E-state index in [2.05, 4.69) is 33.0 Å². The largest absolute Gasteiger partial charge is 0.351 e. The van der Waals surface area contributed by atoms with Gasteiger partial charge in [-0.2, -0.15) is 0 Å². The number of amides is 1. The van der Waals surface area contributed by atoms with Gasteiger partial charge in [0.25, 0.3) is 0 Å². The highest BCUT2D eigenvalue weighted by molar-refractivity contribution is 5.86. The van der Waals surface area contributed by atoms with E-state index in [4.69, 9.17) is 5.73 Å². The fraction of sp³-hybridized carbons (Fsp3) is 0.923. The van der Waals surface area contributed by atoms with Crippen LogP contribution >= 0.6 is 12.4 Å². The SMILES string of the molecule is CCCC(C)(N)C(=O)NC1C(C)(C)C1(C)C.Cl. The highest BCUT2D eigenvalue weighted by Crippen LogP contribution is 2.62. The van der Waals surface area contributed by atoms with Gasteiger partial charge < -0.3 is 11.1 Å². The maximum atomic E-state index is 12.0. The predicted molar refractivity (Wildman–Crippen MR) is 74.2 cm³/mol. The van der Waals surface area contributed by atoms with Gasteiger partial charge in [0.15, 0.2) is 0 Å². The zero-order valence-corrected chi connectivity index (χ0v) is 12.7. The first kappa shape index (κ1) is 16.7. The molecule has 1 aliphatic rings. The van der Waals surface area contributed by atoms with Crippen molar-refractivity contribution in [1.29, 1.82) is 0 Å². The molecule has 3 N–H and O–H groups in total. The molecule has 0 spiro atoms. The van der Waals surface area contributed by atoms with Crippen LogP contribution in [-0.4, -0.2) is 17.5 Å². The molecule has 0 aromatic carbocycles. The fourth-order valence-corrected chi connectivity index (χ4v) is 2.49. The number of carbonyl (C=O) groups excluding carboxylic acids is 1. The van der Waals surface area contributed by atoms with E-state index in [9.17, 15) is 4.79 Å². The van der Waals surface area contributed by atoms with Gasteiger partial charge in [0, 0.05) is 6.04 Å². The Kier molecular flexibility index (Phi) is 4.69. The lowest BCUT2D eigenvalue weighted by Gasteiger charge is -2.23. The quantitative estimate of drug-likeness (QED) is 0.818. The summed E-state index contributed by atoms with van der Waals surface area (Å²) in [5.41, 5.74) is 5.62. The van der Waals surface area contributed by atoms with Crippen molar-refractivity contribution in [3.8, 4) is 0 Å². The van der Waals surface area contributed by atoms with E-state index in [1.165, 1.54) is 0 Å². The van der Waals surface area contributed by atoms with Crippen LogP contribution in [0, 0.1) is 10.8 Å². The molecule has 4 heteroatoms. The molecule has 1 saturated carbocycles. The second-order valence-corrected chi connectivity index (χ2v) is 6.52. The molecule has 102 valence electrons. The Bertz CT molecular complexity index is 284. The first-order valence-corrected chi connectivity index (χ1v) is 6.17. The van der Waals surface area contributed by atoms with Crippen molar-refractivity contribution in [2.24, 2.45) is 16.6 Å². The average Bonchev–Trinajstić information content (AvgIpc) is 2.47. The van der Waals surface area contributed by atoms with Crippen LogP contribution in [0.1, 0.15) is 54.4 Å². The molecule has 3 nitrogen and oxygen atoms in total. The van der Waals surface area contributed by atoms with Crippen molar-refractivity contribution >= 4 is 18.3 Å². The Labute approximate surface area is 111 Å². The first-order chi connectivity index (χ1) is 7.07. The number of rotatable bonds is 4. The topological polar surface area (TPSA) is 55.1 Å². The maximum Gasteiger partial charge on any atom is 0.240 e. The Morgan fingerprint density at radius 3 is 2.00 bits per heavy atom. The van der Waals surface area contributed by atoms with Crippen LogP contribution in [0.25, 0.3) is 0 Å². The Morgan fingerprint density at radius 2 is 1.71 bits per heavy atom. The van der Waals surface area contributed by atoms with Crippen molar-refractivity contribution in [2.45, 2.75) is 66.0 Å². The van der Waals surface area contributed by atoms with Crippen LogP contribution in [0.5, 0.6) is 0 Å². The third-order valence-electron chi connectivity index (χ3n) is 4.58. The smallest absolute Gasteiger partial charge is 0.240 e. The van der Waals surface area contributed by atoms with E-state index in [1.54, 1.807) is 0 Å². The van der Waals surface area contributed by atoms with Crippen LogP contribution in [0.3, 0.4) is 0 Å². The zero-order valence-electron chi connectivity index (χ0n) is 11.9. The van der Waals surface area contributed by atoms with Crippen LogP contribution in [0.4, 0.5) is 0 Å². The highest BCUT2D eigenvalue weighted by atomic mass is 35.5. The minimum absolute atomic E-state index is 0. The summed E-state index contributed by atoms with van der Waals surface area (Å²) in [6.45, 7) is 12.6. The van der Waals surface area contributed by atoms with Crippen molar-refractivity contribution in [2.75, 3.05) is 0 Å². The van der Waals surface area contributed by atoms with Gasteiger partial charge in [0.1, 0.15) is 0 Å². The van der Waals surface area contributed by atoms with Gasteiger partial charge in [-0.15, -0.1) is 12.4 Å². The molecule has 1 atom stereocenters. The van der Waals surface area contributed by atoms with Gasteiger partial charge >= 0.3 is 0 Å². The van der Waals surface area contributed by atoms with Crippen LogP contribution in [0.15, 0.2) is 0 Å². The zero-order chi connectivity index (χ0) is 12.8. The lowest BCUT2D eigenvalue weighted by molar-refractivity contribution is -0.126. The van der Waals surface area contributed by atoms with Gasteiger partial charge in [-0.3, -0.25) is 4.79 Å². The molecule has 0 aromatic heterocycles. The Morgan fingerprint density at radius 1 is 1.29 bits per heavy atom. The summed E-state index contributed by atoms with van der Waals surface area (Å²) in [5, 5.41) is 3.10. The summed E-state index contributed by atoms with van der Waals surface area (Å²) in [7, 11) is 0. The number of hydrogen-bond acceptors (Lipinski definition) is 2. The van der Waals surface area contributed by atoms with Gasteiger partial charge in [0.2, 0.25) is 5.91 Å². The second-order valence-electron chi connectivity index (χ2n) is 6.52. The van der Waals surface area contributed by atoms with Gasteiger partial charge in [-0.1, -0.05) is 41.0 Å². The molecule has 1 unspecified atom stereocenters. The van der Waals surface area contributed by atoms with E-state index in [0.29, 0.717) is 0 Å². The summed E-state index contributed by atoms with van der Waals surface area (Å²) in [6.07, 6.45) is 1.66. The molecule has 0 aliphatic heterocycles. The van der Waals surface area contributed by atoms with E-state index in [1.807, 2.05) is 13.8 Å². The van der Waals surface area contributed by atoms with Crippen LogP contribution < -0.4 is 11.1 Å². The third kappa shape index (κ3) is 2.76. The van der Waals surface area contributed by atoms with E-state index in [-0.39, 0.29) is 35.2 Å². The molecule has 0 saturated heterocycles. The van der Waals surface area contributed by atoms with E-state index >= 15 is 0 Å². The first-order valence-electron chi connectivity index (χ1n) is 6.17. The number of nitrogens with two attached hydrogens (primary N) is 1. The fourth-order valence-electron chi connectivity index (χ4n) is 2.49. The molecular weight excluding hydrogens is 236 g/mol. The molecule has 0 radical (unpaired) electrons. The summed E-state index contributed by atoms with van der Waals surface area (Å²) in [5.74, 6) is -0.0157. The Hall–Kier alpha value is -0.280. The van der Waals surface area contributed by atoms with Crippen molar-refractivity contribution < 1.29 is 4.79 Å². The van der Waals surface area contributed by atoms with Crippen molar-refractivity contribution in [3.05, 3.63) is 0 Å². The van der Waals surface area contributed by atoms with Gasteiger partial charge in [-0.25, -0.2) is 0 Å². The molecule has 1 amide bonds. The summed E-state index contributed by atoms with van der Waals surface area (Å²) >= 11 is 0. The molecular formula is C13H27ClN2O. The van der Waals surface area contributed by atoms with Crippen molar-refractivity contribution in [1.82, 2.24) is 5.32 Å². The maximum absolute atomic E-state index is 12.0. The molecule has 0 heterocycles. The molecule has 1 fully saturated rings.